The quantitative estimate of drug-likeness (QED) is 0.665. The molecule has 2 N–H and O–H groups in total. The lowest BCUT2D eigenvalue weighted by molar-refractivity contribution is -0.119. The van der Waals surface area contributed by atoms with Crippen LogP contribution in [-0.4, -0.2) is 29.4 Å². The predicted molar refractivity (Wildman–Crippen MR) is 105 cm³/mol. The van der Waals surface area contributed by atoms with Gasteiger partial charge in [0, 0.05) is 22.1 Å². The Kier molecular flexibility index (Phi) is 4.47. The van der Waals surface area contributed by atoms with Crippen LogP contribution in [0.1, 0.15) is 23.0 Å². The highest BCUT2D eigenvalue weighted by atomic mass is 79.9. The van der Waals surface area contributed by atoms with E-state index < -0.39 is 17.8 Å². The first-order valence-electron chi connectivity index (χ1n) is 8.62. The number of nitrogens with one attached hydrogen (secondary N) is 2. The van der Waals surface area contributed by atoms with Crippen molar-refractivity contribution < 1.29 is 14.0 Å². The van der Waals surface area contributed by atoms with Gasteiger partial charge in [-0.25, -0.2) is 4.39 Å². The van der Waals surface area contributed by atoms with E-state index in [0.717, 1.165) is 17.7 Å². The number of halogens is 2. The standard InChI is InChI=1S/C20H17BrFN3O2/c1-11(20(27)25-7-6-12-4-2-3-5-18(12)25)23-19(26)17-10-14-15(22)8-13(21)9-16(14)24-17/h2-5,8-11,24H,6-7H2,1H3,(H,23,26). The van der Waals surface area contributed by atoms with Gasteiger partial charge in [0.15, 0.2) is 0 Å². The molecule has 0 saturated heterocycles. The molecule has 7 heteroatoms. The van der Waals surface area contributed by atoms with Crippen molar-refractivity contribution in [3.8, 4) is 0 Å². The summed E-state index contributed by atoms with van der Waals surface area (Å²) in [6.07, 6.45) is 0.804. The number of hydrogen-bond acceptors (Lipinski definition) is 2. The van der Waals surface area contributed by atoms with E-state index in [2.05, 4.69) is 26.2 Å². The molecule has 0 bridgehead atoms. The minimum Gasteiger partial charge on any atom is -0.350 e. The average molecular weight is 430 g/mol. The van der Waals surface area contributed by atoms with Crippen molar-refractivity contribution >= 4 is 44.3 Å². The van der Waals surface area contributed by atoms with Gasteiger partial charge in [-0.15, -0.1) is 0 Å². The third-order valence-electron chi connectivity index (χ3n) is 4.77. The van der Waals surface area contributed by atoms with Crippen molar-refractivity contribution in [1.29, 1.82) is 0 Å². The van der Waals surface area contributed by atoms with Crippen LogP contribution in [0.2, 0.25) is 0 Å². The highest BCUT2D eigenvalue weighted by molar-refractivity contribution is 9.10. The molecule has 1 atom stereocenters. The molecule has 0 radical (unpaired) electrons. The number of amides is 2. The number of carbonyl (C=O) groups excluding carboxylic acids is 2. The van der Waals surface area contributed by atoms with Crippen LogP contribution in [-0.2, 0) is 11.2 Å². The molecule has 3 aromatic rings. The van der Waals surface area contributed by atoms with Crippen LogP contribution in [0.15, 0.2) is 46.9 Å². The second kappa shape index (κ2) is 6.81. The molecule has 138 valence electrons. The molecule has 4 rings (SSSR count). The summed E-state index contributed by atoms with van der Waals surface area (Å²) in [5, 5.41) is 3.03. The van der Waals surface area contributed by atoms with Crippen molar-refractivity contribution in [2.45, 2.75) is 19.4 Å². The Balaban J connectivity index is 1.51. The van der Waals surface area contributed by atoms with Gasteiger partial charge in [-0.3, -0.25) is 9.59 Å². The van der Waals surface area contributed by atoms with E-state index in [1.807, 2.05) is 24.3 Å². The van der Waals surface area contributed by atoms with Crippen molar-refractivity contribution in [2.75, 3.05) is 11.4 Å². The topological polar surface area (TPSA) is 65.2 Å². The number of hydrogen-bond donors (Lipinski definition) is 2. The van der Waals surface area contributed by atoms with Gasteiger partial charge in [0.1, 0.15) is 17.6 Å². The molecular weight excluding hydrogens is 413 g/mol. The molecule has 2 heterocycles. The smallest absolute Gasteiger partial charge is 0.268 e. The number of rotatable bonds is 3. The molecule has 2 amide bonds. The third kappa shape index (κ3) is 3.23. The number of H-pyrrole nitrogens is 1. The molecule has 1 aliphatic heterocycles. The molecule has 5 nitrogen and oxygen atoms in total. The Morgan fingerprint density at radius 2 is 2.04 bits per heavy atom. The van der Waals surface area contributed by atoms with E-state index in [9.17, 15) is 14.0 Å². The summed E-state index contributed by atoms with van der Waals surface area (Å²) < 4.78 is 14.6. The summed E-state index contributed by atoms with van der Waals surface area (Å²) in [6.45, 7) is 2.25. The minimum absolute atomic E-state index is 0.168. The van der Waals surface area contributed by atoms with Gasteiger partial charge in [0.05, 0.1) is 5.52 Å². The monoisotopic (exact) mass is 429 g/mol. The summed E-state index contributed by atoms with van der Waals surface area (Å²) in [5.74, 6) is -1.04. The van der Waals surface area contributed by atoms with Crippen LogP contribution >= 0.6 is 15.9 Å². The molecule has 2 aromatic carbocycles. The van der Waals surface area contributed by atoms with Gasteiger partial charge in [-0.1, -0.05) is 34.1 Å². The summed E-state index contributed by atoms with van der Waals surface area (Å²) in [5.41, 5.74) is 2.74. The molecule has 1 aliphatic rings. The lowest BCUT2D eigenvalue weighted by Crippen LogP contribution is -2.46. The molecule has 0 saturated carbocycles. The lowest BCUT2D eigenvalue weighted by Gasteiger charge is -2.22. The number of benzene rings is 2. The van der Waals surface area contributed by atoms with Crippen LogP contribution in [0.4, 0.5) is 10.1 Å². The number of para-hydroxylation sites is 1. The van der Waals surface area contributed by atoms with Crippen LogP contribution < -0.4 is 10.2 Å². The van der Waals surface area contributed by atoms with E-state index >= 15 is 0 Å². The minimum atomic E-state index is -0.702. The number of fused-ring (bicyclic) bond motifs is 2. The van der Waals surface area contributed by atoms with Crippen molar-refractivity contribution in [3.63, 3.8) is 0 Å². The average Bonchev–Trinajstić information content (AvgIpc) is 3.25. The highest BCUT2D eigenvalue weighted by Gasteiger charge is 2.29. The van der Waals surface area contributed by atoms with E-state index in [-0.39, 0.29) is 11.6 Å². The largest absolute Gasteiger partial charge is 0.350 e. The van der Waals surface area contributed by atoms with Gasteiger partial charge in [0.2, 0.25) is 5.91 Å². The van der Waals surface area contributed by atoms with E-state index in [4.69, 9.17) is 0 Å². The maximum absolute atomic E-state index is 14.0. The van der Waals surface area contributed by atoms with Crippen molar-refractivity contribution in [3.05, 3.63) is 64.0 Å². The van der Waals surface area contributed by atoms with Crippen molar-refractivity contribution in [1.82, 2.24) is 10.3 Å². The third-order valence-corrected chi connectivity index (χ3v) is 5.23. The second-order valence-electron chi connectivity index (χ2n) is 6.60. The number of anilines is 1. The Bertz CT molecular complexity index is 1060. The van der Waals surface area contributed by atoms with Crippen LogP contribution in [0, 0.1) is 5.82 Å². The van der Waals surface area contributed by atoms with Gasteiger partial charge in [-0.05, 0) is 43.2 Å². The highest BCUT2D eigenvalue weighted by Crippen LogP contribution is 2.28. The fourth-order valence-electron chi connectivity index (χ4n) is 3.42. The Morgan fingerprint density at radius 3 is 2.85 bits per heavy atom. The summed E-state index contributed by atoms with van der Waals surface area (Å²) in [6, 6.07) is 11.5. The molecule has 0 aliphatic carbocycles. The van der Waals surface area contributed by atoms with Crippen molar-refractivity contribution in [2.24, 2.45) is 0 Å². The first-order valence-corrected chi connectivity index (χ1v) is 9.41. The molecule has 27 heavy (non-hydrogen) atoms. The van der Waals surface area contributed by atoms with E-state index in [0.29, 0.717) is 21.9 Å². The van der Waals surface area contributed by atoms with Gasteiger partial charge >= 0.3 is 0 Å². The van der Waals surface area contributed by atoms with Crippen LogP contribution in [0.5, 0.6) is 0 Å². The molecule has 0 fully saturated rings. The molecule has 0 spiro atoms. The number of carbonyl (C=O) groups is 2. The second-order valence-corrected chi connectivity index (χ2v) is 7.51. The maximum atomic E-state index is 14.0. The molecule has 1 aromatic heterocycles. The summed E-state index contributed by atoms with van der Waals surface area (Å²) >= 11 is 3.23. The van der Waals surface area contributed by atoms with Gasteiger partial charge in [0.25, 0.3) is 5.91 Å². The van der Waals surface area contributed by atoms with E-state index in [1.54, 1.807) is 17.9 Å². The molecular formula is C20H17BrFN3O2. The summed E-state index contributed by atoms with van der Waals surface area (Å²) in [7, 11) is 0. The zero-order chi connectivity index (χ0) is 19.1. The summed E-state index contributed by atoms with van der Waals surface area (Å²) in [4.78, 5) is 29.9. The van der Waals surface area contributed by atoms with Crippen LogP contribution in [0.25, 0.3) is 10.9 Å². The fraction of sp³-hybridized carbons (Fsp3) is 0.200. The SMILES string of the molecule is CC(NC(=O)c1cc2c(F)cc(Br)cc2[nH]1)C(=O)N1CCc2ccccc21. The van der Waals surface area contributed by atoms with Gasteiger partial charge < -0.3 is 15.2 Å². The van der Waals surface area contributed by atoms with Crippen LogP contribution in [0.3, 0.4) is 0 Å². The Hall–Kier alpha value is -2.67. The Labute approximate surface area is 163 Å². The fourth-order valence-corrected chi connectivity index (χ4v) is 3.85. The Morgan fingerprint density at radius 1 is 1.26 bits per heavy atom. The normalized spacial score (nSPS) is 14.3. The van der Waals surface area contributed by atoms with Gasteiger partial charge in [-0.2, -0.15) is 0 Å². The maximum Gasteiger partial charge on any atom is 0.268 e. The number of aromatic nitrogens is 1. The zero-order valence-electron chi connectivity index (χ0n) is 14.6. The first kappa shape index (κ1) is 17.7. The van der Waals surface area contributed by atoms with E-state index in [1.165, 1.54) is 12.1 Å². The molecule has 1 unspecified atom stereocenters. The zero-order valence-corrected chi connectivity index (χ0v) is 16.1. The lowest BCUT2D eigenvalue weighted by atomic mass is 10.2. The predicted octanol–water partition coefficient (Wildman–Crippen LogP) is 3.78. The number of nitrogens with zero attached hydrogens (tertiary/aromatic N) is 1. The number of aromatic amines is 1. The first-order chi connectivity index (χ1) is 12.9.